The van der Waals surface area contributed by atoms with Gasteiger partial charge in [0, 0.05) is 25.2 Å². The summed E-state index contributed by atoms with van der Waals surface area (Å²) in [6.45, 7) is 4.30. The van der Waals surface area contributed by atoms with Crippen LogP contribution in [0, 0.1) is 5.82 Å². The third kappa shape index (κ3) is 5.16. The van der Waals surface area contributed by atoms with Crippen LogP contribution in [0.2, 0.25) is 0 Å². The second-order valence-corrected chi connectivity index (χ2v) is 4.20. The van der Waals surface area contributed by atoms with Crippen molar-refractivity contribution in [2.45, 2.75) is 26.1 Å². The van der Waals surface area contributed by atoms with Gasteiger partial charge in [-0.25, -0.2) is 4.39 Å². The van der Waals surface area contributed by atoms with Crippen molar-refractivity contribution in [2.24, 2.45) is 0 Å². The summed E-state index contributed by atoms with van der Waals surface area (Å²) >= 11 is 0. The molecule has 0 radical (unpaired) electrons. The van der Waals surface area contributed by atoms with Crippen LogP contribution >= 0.6 is 0 Å². The molecule has 19 heavy (non-hydrogen) atoms. The highest BCUT2D eigenvalue weighted by Crippen LogP contribution is 2.32. The number of halogens is 4. The van der Waals surface area contributed by atoms with Crippen LogP contribution in [0.15, 0.2) is 18.2 Å². The molecule has 2 N–H and O–H groups in total. The Bertz CT molecular complexity index is 391. The van der Waals surface area contributed by atoms with E-state index >= 15 is 0 Å². The fourth-order valence-electron chi connectivity index (χ4n) is 1.64. The van der Waals surface area contributed by atoms with Crippen molar-refractivity contribution < 1.29 is 17.6 Å². The Morgan fingerprint density at radius 2 is 1.74 bits per heavy atom. The Morgan fingerprint density at radius 1 is 1.05 bits per heavy atom. The summed E-state index contributed by atoms with van der Waals surface area (Å²) < 4.78 is 51.1. The van der Waals surface area contributed by atoms with E-state index in [-0.39, 0.29) is 12.1 Å². The lowest BCUT2D eigenvalue weighted by atomic mass is 10.1. The molecule has 1 aromatic carbocycles. The largest absolute Gasteiger partial charge is 0.419 e. The van der Waals surface area contributed by atoms with E-state index in [1.165, 1.54) is 12.1 Å². The third-order valence-corrected chi connectivity index (χ3v) is 2.60. The molecule has 1 rings (SSSR count). The van der Waals surface area contributed by atoms with E-state index in [0.29, 0.717) is 13.1 Å². The van der Waals surface area contributed by atoms with Gasteiger partial charge < -0.3 is 10.6 Å². The van der Waals surface area contributed by atoms with E-state index in [4.69, 9.17) is 0 Å². The number of hydrogen-bond donors (Lipinski definition) is 2. The highest BCUT2D eigenvalue weighted by Gasteiger charge is 2.34. The molecule has 0 fully saturated rings. The quantitative estimate of drug-likeness (QED) is 0.592. The van der Waals surface area contributed by atoms with Gasteiger partial charge in [0.25, 0.3) is 0 Å². The minimum Gasteiger partial charge on any atom is -0.315 e. The SMILES string of the molecule is CCCNCCNCc1cccc(C(F)(F)F)c1F. The zero-order valence-corrected chi connectivity index (χ0v) is 10.8. The van der Waals surface area contributed by atoms with Gasteiger partial charge in [0.1, 0.15) is 5.82 Å². The standard InChI is InChI=1S/C13H18F4N2/c1-2-6-18-7-8-19-9-10-4-3-5-11(12(10)14)13(15,16)17/h3-5,18-19H,2,6-9H2,1H3. The summed E-state index contributed by atoms with van der Waals surface area (Å²) in [5.74, 6) is -1.19. The van der Waals surface area contributed by atoms with Crippen LogP contribution in [0.5, 0.6) is 0 Å². The van der Waals surface area contributed by atoms with Crippen molar-refractivity contribution in [1.29, 1.82) is 0 Å². The molecule has 1 aromatic rings. The van der Waals surface area contributed by atoms with Crippen molar-refractivity contribution in [3.05, 3.63) is 35.1 Å². The van der Waals surface area contributed by atoms with Gasteiger partial charge in [-0.3, -0.25) is 0 Å². The second-order valence-electron chi connectivity index (χ2n) is 4.20. The van der Waals surface area contributed by atoms with Gasteiger partial charge in [0.15, 0.2) is 0 Å². The van der Waals surface area contributed by atoms with Crippen LogP contribution in [-0.4, -0.2) is 19.6 Å². The van der Waals surface area contributed by atoms with Gasteiger partial charge in [-0.15, -0.1) is 0 Å². The molecule has 108 valence electrons. The molecule has 0 atom stereocenters. The predicted octanol–water partition coefficient (Wildman–Crippen LogP) is 2.93. The smallest absolute Gasteiger partial charge is 0.315 e. The molecular weight excluding hydrogens is 260 g/mol. The minimum atomic E-state index is -4.65. The van der Waals surface area contributed by atoms with Crippen LogP contribution in [0.1, 0.15) is 24.5 Å². The van der Waals surface area contributed by atoms with Gasteiger partial charge in [-0.05, 0) is 19.0 Å². The molecule has 0 bridgehead atoms. The molecule has 0 heterocycles. The highest BCUT2D eigenvalue weighted by molar-refractivity contribution is 5.28. The minimum absolute atomic E-state index is 0.0327. The third-order valence-electron chi connectivity index (χ3n) is 2.60. The summed E-state index contributed by atoms with van der Waals surface area (Å²) in [5, 5.41) is 6.05. The van der Waals surface area contributed by atoms with E-state index in [1.54, 1.807) is 0 Å². The van der Waals surface area contributed by atoms with Crippen molar-refractivity contribution >= 4 is 0 Å². The number of hydrogen-bond acceptors (Lipinski definition) is 2. The summed E-state index contributed by atoms with van der Waals surface area (Å²) in [7, 11) is 0. The van der Waals surface area contributed by atoms with Crippen LogP contribution in [0.25, 0.3) is 0 Å². The zero-order valence-electron chi connectivity index (χ0n) is 10.8. The normalized spacial score (nSPS) is 11.8. The van der Waals surface area contributed by atoms with Gasteiger partial charge in [-0.2, -0.15) is 13.2 Å². The molecule has 2 nitrogen and oxygen atoms in total. The fourth-order valence-corrected chi connectivity index (χ4v) is 1.64. The van der Waals surface area contributed by atoms with E-state index in [1.807, 2.05) is 6.92 Å². The molecule has 0 aliphatic rings. The molecule has 0 unspecified atom stereocenters. The Labute approximate surface area is 110 Å². The van der Waals surface area contributed by atoms with E-state index in [9.17, 15) is 17.6 Å². The monoisotopic (exact) mass is 278 g/mol. The Balaban J connectivity index is 2.51. The maximum absolute atomic E-state index is 13.6. The predicted molar refractivity (Wildman–Crippen MR) is 66.3 cm³/mol. The lowest BCUT2D eigenvalue weighted by molar-refractivity contribution is -0.140. The number of rotatable bonds is 7. The first-order valence-electron chi connectivity index (χ1n) is 6.22. The maximum Gasteiger partial charge on any atom is 0.419 e. The van der Waals surface area contributed by atoms with Crippen LogP contribution in [0.3, 0.4) is 0 Å². The molecule has 0 aliphatic carbocycles. The Kier molecular flexibility index (Phi) is 6.24. The topological polar surface area (TPSA) is 24.1 Å². The zero-order chi connectivity index (χ0) is 14.3. The summed E-state index contributed by atoms with van der Waals surface area (Å²) in [4.78, 5) is 0. The molecule has 0 saturated heterocycles. The van der Waals surface area contributed by atoms with Gasteiger partial charge in [0.05, 0.1) is 5.56 Å². The molecular formula is C13H18F4N2. The van der Waals surface area contributed by atoms with Crippen LogP contribution < -0.4 is 10.6 Å². The molecule has 0 spiro atoms. The lowest BCUT2D eigenvalue weighted by Gasteiger charge is -2.12. The maximum atomic E-state index is 13.6. The Morgan fingerprint density at radius 3 is 2.37 bits per heavy atom. The lowest BCUT2D eigenvalue weighted by Crippen LogP contribution is -2.27. The van der Waals surface area contributed by atoms with Gasteiger partial charge in [-0.1, -0.05) is 19.1 Å². The van der Waals surface area contributed by atoms with Gasteiger partial charge >= 0.3 is 6.18 Å². The number of benzene rings is 1. The summed E-state index contributed by atoms with van der Waals surface area (Å²) in [6.07, 6.45) is -3.63. The van der Waals surface area contributed by atoms with Crippen molar-refractivity contribution in [3.8, 4) is 0 Å². The highest BCUT2D eigenvalue weighted by atomic mass is 19.4. The molecule has 0 aliphatic heterocycles. The fraction of sp³-hybridized carbons (Fsp3) is 0.538. The van der Waals surface area contributed by atoms with Crippen molar-refractivity contribution in [2.75, 3.05) is 19.6 Å². The van der Waals surface area contributed by atoms with E-state index in [0.717, 1.165) is 19.0 Å². The molecule has 0 amide bonds. The van der Waals surface area contributed by atoms with Crippen LogP contribution in [0.4, 0.5) is 17.6 Å². The van der Waals surface area contributed by atoms with Crippen LogP contribution in [-0.2, 0) is 12.7 Å². The van der Waals surface area contributed by atoms with E-state index < -0.39 is 17.6 Å². The second kappa shape index (κ2) is 7.45. The Hall–Kier alpha value is -1.14. The first-order valence-corrected chi connectivity index (χ1v) is 6.22. The average molecular weight is 278 g/mol. The summed E-state index contributed by atoms with van der Waals surface area (Å²) in [6, 6.07) is 3.33. The van der Waals surface area contributed by atoms with Crippen molar-refractivity contribution in [1.82, 2.24) is 10.6 Å². The number of nitrogens with one attached hydrogen (secondary N) is 2. The van der Waals surface area contributed by atoms with Gasteiger partial charge in [0.2, 0.25) is 0 Å². The number of alkyl halides is 3. The molecule has 0 saturated carbocycles. The van der Waals surface area contributed by atoms with E-state index in [2.05, 4.69) is 10.6 Å². The first-order chi connectivity index (χ1) is 8.96. The van der Waals surface area contributed by atoms with Crippen molar-refractivity contribution in [3.63, 3.8) is 0 Å². The molecule has 6 heteroatoms. The molecule has 0 aromatic heterocycles. The first kappa shape index (κ1) is 15.9. The average Bonchev–Trinajstić information content (AvgIpc) is 2.34. The summed E-state index contributed by atoms with van der Waals surface area (Å²) in [5.41, 5.74) is -1.18.